The van der Waals surface area contributed by atoms with E-state index in [0.717, 1.165) is 31.4 Å². The van der Waals surface area contributed by atoms with Gasteiger partial charge in [-0.1, -0.05) is 23.2 Å². The second-order valence-corrected chi connectivity index (χ2v) is 12.8. The van der Waals surface area contributed by atoms with Gasteiger partial charge in [0.15, 0.2) is 9.84 Å². The van der Waals surface area contributed by atoms with Gasteiger partial charge in [-0.05, 0) is 49.9 Å². The third-order valence-corrected chi connectivity index (χ3v) is 10.0. The predicted octanol–water partition coefficient (Wildman–Crippen LogP) is 3.16. The van der Waals surface area contributed by atoms with Gasteiger partial charge in [-0.25, -0.2) is 13.1 Å². The predicted molar refractivity (Wildman–Crippen MR) is 140 cm³/mol. The van der Waals surface area contributed by atoms with Crippen molar-refractivity contribution in [2.24, 2.45) is 0 Å². The standard InChI is InChI=1S/C24H30Cl2N4O5S/c25-16-1-3-17(4-2-16)29(20-13-35-14-20)18-5-7-19(8-6-18)30-24(31)23(26)22(12-28-30)27-11-21-15-34-9-10-36(21,32)33/h1-4,12,18-21,27H,5-11,13-15H2/t18?,19?,21-/m0/s1. The lowest BCUT2D eigenvalue weighted by atomic mass is 9.88. The molecular formula is C24H30Cl2N4O5S. The Morgan fingerprint density at radius 2 is 1.75 bits per heavy atom. The van der Waals surface area contributed by atoms with Crippen LogP contribution < -0.4 is 15.8 Å². The fourth-order valence-electron chi connectivity index (χ4n) is 5.20. The summed E-state index contributed by atoms with van der Waals surface area (Å²) in [7, 11) is -3.23. The van der Waals surface area contributed by atoms with Crippen LogP contribution in [0.2, 0.25) is 10.0 Å². The van der Waals surface area contributed by atoms with E-state index < -0.39 is 15.1 Å². The molecule has 1 aliphatic carbocycles. The van der Waals surface area contributed by atoms with Crippen molar-refractivity contribution in [3.8, 4) is 0 Å². The van der Waals surface area contributed by atoms with Gasteiger partial charge in [-0.3, -0.25) is 4.79 Å². The van der Waals surface area contributed by atoms with Crippen LogP contribution in [0.3, 0.4) is 0 Å². The van der Waals surface area contributed by atoms with Crippen LogP contribution in [0.1, 0.15) is 31.7 Å². The van der Waals surface area contributed by atoms with Crippen molar-refractivity contribution in [1.29, 1.82) is 0 Å². The minimum Gasteiger partial charge on any atom is -0.381 e. The van der Waals surface area contributed by atoms with Crippen LogP contribution in [0.25, 0.3) is 0 Å². The van der Waals surface area contributed by atoms with Gasteiger partial charge < -0.3 is 19.7 Å². The summed E-state index contributed by atoms with van der Waals surface area (Å²) in [6, 6.07) is 8.55. The first-order chi connectivity index (χ1) is 17.3. The van der Waals surface area contributed by atoms with Crippen LogP contribution in [0.15, 0.2) is 35.3 Å². The third kappa shape index (κ3) is 5.38. The maximum atomic E-state index is 13.0. The maximum Gasteiger partial charge on any atom is 0.287 e. The number of halogens is 2. The van der Waals surface area contributed by atoms with Gasteiger partial charge >= 0.3 is 0 Å². The number of rotatable bonds is 7. The number of nitrogens with zero attached hydrogens (tertiary/aromatic N) is 3. The summed E-state index contributed by atoms with van der Waals surface area (Å²) in [5.74, 6) is -0.00117. The highest BCUT2D eigenvalue weighted by atomic mass is 35.5. The molecule has 3 aliphatic rings. The van der Waals surface area contributed by atoms with E-state index in [1.54, 1.807) is 0 Å². The first-order valence-corrected chi connectivity index (χ1v) is 14.7. The van der Waals surface area contributed by atoms with Gasteiger partial charge in [0.05, 0.1) is 56.1 Å². The monoisotopic (exact) mass is 556 g/mol. The molecule has 5 rings (SSSR count). The molecule has 196 valence electrons. The zero-order chi connectivity index (χ0) is 25.3. The molecule has 36 heavy (non-hydrogen) atoms. The van der Waals surface area contributed by atoms with Gasteiger partial charge in [-0.15, -0.1) is 0 Å². The van der Waals surface area contributed by atoms with Gasteiger partial charge in [0, 0.05) is 23.3 Å². The van der Waals surface area contributed by atoms with Gasteiger partial charge in [0.25, 0.3) is 5.56 Å². The quantitative estimate of drug-likeness (QED) is 0.554. The van der Waals surface area contributed by atoms with E-state index >= 15 is 0 Å². The topological polar surface area (TPSA) is 103 Å². The zero-order valence-corrected chi connectivity index (χ0v) is 22.1. The van der Waals surface area contributed by atoms with Crippen LogP contribution >= 0.6 is 23.2 Å². The Morgan fingerprint density at radius 3 is 2.39 bits per heavy atom. The number of benzene rings is 1. The van der Waals surface area contributed by atoms with E-state index in [4.69, 9.17) is 32.7 Å². The lowest BCUT2D eigenvalue weighted by Crippen LogP contribution is -2.54. The number of hydrogen-bond acceptors (Lipinski definition) is 8. The van der Waals surface area contributed by atoms with Gasteiger partial charge in [0.1, 0.15) is 10.3 Å². The molecular weight excluding hydrogens is 527 g/mol. The lowest BCUT2D eigenvalue weighted by Gasteiger charge is -2.46. The number of anilines is 2. The Kier molecular flexibility index (Phi) is 7.78. The molecule has 3 heterocycles. The fourth-order valence-corrected chi connectivity index (χ4v) is 6.85. The zero-order valence-electron chi connectivity index (χ0n) is 19.8. The molecule has 0 spiro atoms. The molecule has 0 bridgehead atoms. The second kappa shape index (κ2) is 10.9. The summed E-state index contributed by atoms with van der Waals surface area (Å²) in [6.45, 7) is 1.87. The molecule has 0 amide bonds. The Labute approximate surface area is 220 Å². The number of aromatic nitrogens is 2. The smallest absolute Gasteiger partial charge is 0.287 e. The Balaban J connectivity index is 1.24. The number of nitrogens with one attached hydrogen (secondary N) is 1. The van der Waals surface area contributed by atoms with Crippen molar-refractivity contribution in [3.63, 3.8) is 0 Å². The summed E-state index contributed by atoms with van der Waals surface area (Å²) in [4.78, 5) is 15.5. The summed E-state index contributed by atoms with van der Waals surface area (Å²) < 4.78 is 36.7. The minimum atomic E-state index is -3.23. The molecule has 2 saturated heterocycles. The first-order valence-electron chi connectivity index (χ1n) is 12.3. The summed E-state index contributed by atoms with van der Waals surface area (Å²) in [5, 5.41) is 7.43. The molecule has 1 aromatic heterocycles. The highest BCUT2D eigenvalue weighted by Gasteiger charge is 2.35. The SMILES string of the molecule is O=c1c(Cl)c(NC[C@H]2COCCS2(=O)=O)cnn1C1CCC(N(c2ccc(Cl)cc2)C2COC2)CC1. The highest BCUT2D eigenvalue weighted by Crippen LogP contribution is 2.35. The van der Waals surface area contributed by atoms with Crippen molar-refractivity contribution in [3.05, 3.63) is 50.9 Å². The van der Waals surface area contributed by atoms with Crippen LogP contribution in [0, 0.1) is 0 Å². The molecule has 9 nitrogen and oxygen atoms in total. The number of hydrogen-bond donors (Lipinski definition) is 1. The van der Waals surface area contributed by atoms with Crippen LogP contribution in [-0.2, 0) is 19.3 Å². The van der Waals surface area contributed by atoms with Crippen molar-refractivity contribution < 1.29 is 17.9 Å². The van der Waals surface area contributed by atoms with E-state index in [2.05, 4.69) is 27.4 Å². The van der Waals surface area contributed by atoms with E-state index in [1.807, 2.05) is 12.1 Å². The molecule has 12 heteroatoms. The number of sulfone groups is 1. The van der Waals surface area contributed by atoms with E-state index in [1.165, 1.54) is 10.9 Å². The van der Waals surface area contributed by atoms with Crippen LogP contribution in [-0.4, -0.2) is 74.3 Å². The summed E-state index contributed by atoms with van der Waals surface area (Å²) in [5.41, 5.74) is 1.11. The molecule has 1 aromatic carbocycles. The van der Waals surface area contributed by atoms with Gasteiger partial charge in [0.2, 0.25) is 0 Å². The molecule has 2 aromatic rings. The normalized spacial score (nSPS) is 26.2. The number of ether oxygens (including phenoxy) is 2. The van der Waals surface area contributed by atoms with Crippen molar-refractivity contribution >= 4 is 44.4 Å². The van der Waals surface area contributed by atoms with Crippen LogP contribution in [0.4, 0.5) is 11.4 Å². The third-order valence-electron chi connectivity index (χ3n) is 7.33. The molecule has 3 fully saturated rings. The van der Waals surface area contributed by atoms with E-state index in [9.17, 15) is 13.2 Å². The fraction of sp³-hybridized carbons (Fsp3) is 0.583. The Morgan fingerprint density at radius 1 is 1.03 bits per heavy atom. The van der Waals surface area contributed by atoms with Crippen molar-refractivity contribution in [1.82, 2.24) is 9.78 Å². The van der Waals surface area contributed by atoms with Crippen LogP contribution in [0.5, 0.6) is 0 Å². The molecule has 1 saturated carbocycles. The summed E-state index contributed by atoms with van der Waals surface area (Å²) >= 11 is 12.5. The molecule has 0 unspecified atom stereocenters. The highest BCUT2D eigenvalue weighted by molar-refractivity contribution is 7.92. The summed E-state index contributed by atoms with van der Waals surface area (Å²) in [6.07, 6.45) is 4.94. The second-order valence-electron chi connectivity index (χ2n) is 9.60. The Hall–Kier alpha value is -1.85. The Bertz CT molecular complexity index is 1230. The molecule has 0 radical (unpaired) electrons. The lowest BCUT2D eigenvalue weighted by molar-refractivity contribution is 0.00283. The maximum absolute atomic E-state index is 13.0. The molecule has 1 N–H and O–H groups in total. The van der Waals surface area contributed by atoms with E-state index in [-0.39, 0.29) is 42.1 Å². The molecule has 2 aliphatic heterocycles. The van der Waals surface area contributed by atoms with Gasteiger partial charge in [-0.2, -0.15) is 5.10 Å². The minimum absolute atomic E-state index is 0.00117. The van der Waals surface area contributed by atoms with E-state index in [0.29, 0.717) is 36.0 Å². The average molecular weight is 558 g/mol. The molecule has 1 atom stereocenters. The first kappa shape index (κ1) is 25.8. The van der Waals surface area contributed by atoms with Crippen molar-refractivity contribution in [2.45, 2.75) is 49.1 Å². The van der Waals surface area contributed by atoms with Crippen molar-refractivity contribution in [2.75, 3.05) is 48.9 Å². The average Bonchev–Trinajstić information content (AvgIpc) is 2.84. The largest absolute Gasteiger partial charge is 0.381 e.